The van der Waals surface area contributed by atoms with Crippen molar-refractivity contribution >= 4 is 10.9 Å². The fraction of sp³-hybridized carbons (Fsp3) is 0.435. The molecule has 2 aromatic heterocycles. The lowest BCUT2D eigenvalue weighted by Crippen LogP contribution is -2.23. The number of pyridine rings is 1. The van der Waals surface area contributed by atoms with Gasteiger partial charge in [0.1, 0.15) is 0 Å². The molecule has 4 rings (SSSR count). The predicted octanol–water partition coefficient (Wildman–Crippen LogP) is 5.23. The molecule has 1 aliphatic carbocycles. The van der Waals surface area contributed by atoms with E-state index in [1.807, 2.05) is 22.8 Å². The molecular formula is C23H28N2O. The topological polar surface area (TPSA) is 26.9 Å². The maximum Gasteiger partial charge on any atom is 0.260 e. The third-order valence-corrected chi connectivity index (χ3v) is 5.89. The van der Waals surface area contributed by atoms with Crippen LogP contribution in [0, 0.1) is 6.92 Å². The maximum atomic E-state index is 13.3. The molecule has 1 aliphatic rings. The maximum absolute atomic E-state index is 13.3. The molecule has 1 fully saturated rings. The first kappa shape index (κ1) is 17.1. The number of fused-ring (bicyclic) bond motifs is 1. The molecule has 3 heteroatoms. The fourth-order valence-electron chi connectivity index (χ4n) is 4.50. The van der Waals surface area contributed by atoms with Gasteiger partial charge in [-0.25, -0.2) is 0 Å². The van der Waals surface area contributed by atoms with E-state index in [1.54, 1.807) is 0 Å². The van der Waals surface area contributed by atoms with E-state index in [0.29, 0.717) is 12.6 Å². The van der Waals surface area contributed by atoms with Crippen LogP contribution in [-0.2, 0) is 13.0 Å². The second-order valence-electron chi connectivity index (χ2n) is 7.61. The first-order valence-corrected chi connectivity index (χ1v) is 9.97. The molecule has 1 saturated carbocycles. The van der Waals surface area contributed by atoms with Crippen LogP contribution in [0.2, 0.25) is 0 Å². The number of rotatable bonds is 4. The van der Waals surface area contributed by atoms with Crippen molar-refractivity contribution in [2.24, 2.45) is 0 Å². The van der Waals surface area contributed by atoms with Gasteiger partial charge in [-0.1, -0.05) is 56.5 Å². The lowest BCUT2D eigenvalue weighted by Gasteiger charge is -2.26. The Bertz CT molecular complexity index is 959. The third-order valence-electron chi connectivity index (χ3n) is 5.89. The monoisotopic (exact) mass is 348 g/mol. The van der Waals surface area contributed by atoms with E-state index in [1.165, 1.54) is 43.4 Å². The zero-order valence-electron chi connectivity index (χ0n) is 15.9. The average molecular weight is 348 g/mol. The molecule has 2 heterocycles. The minimum Gasteiger partial charge on any atom is -0.341 e. The Balaban J connectivity index is 1.84. The van der Waals surface area contributed by atoms with Crippen LogP contribution in [0.3, 0.4) is 0 Å². The van der Waals surface area contributed by atoms with E-state index in [4.69, 9.17) is 0 Å². The summed E-state index contributed by atoms with van der Waals surface area (Å²) in [4.78, 5) is 13.3. The van der Waals surface area contributed by atoms with Gasteiger partial charge in [0.05, 0.1) is 17.4 Å². The second kappa shape index (κ2) is 7.14. The first-order chi connectivity index (χ1) is 12.7. The minimum atomic E-state index is 0.146. The summed E-state index contributed by atoms with van der Waals surface area (Å²) in [7, 11) is 0. The molecule has 0 N–H and O–H groups in total. The van der Waals surface area contributed by atoms with Crippen LogP contribution in [0.15, 0.2) is 47.3 Å². The summed E-state index contributed by atoms with van der Waals surface area (Å²) in [5.41, 5.74) is 4.80. The minimum absolute atomic E-state index is 0.146. The summed E-state index contributed by atoms with van der Waals surface area (Å²) < 4.78 is 4.40. The van der Waals surface area contributed by atoms with Crippen molar-refractivity contribution in [2.45, 2.75) is 65.0 Å². The number of hydrogen-bond donors (Lipinski definition) is 0. The summed E-state index contributed by atoms with van der Waals surface area (Å²) in [6.45, 7) is 4.90. The number of nitrogens with zero attached hydrogens (tertiary/aromatic N) is 2. The van der Waals surface area contributed by atoms with Crippen molar-refractivity contribution in [3.05, 3.63) is 69.8 Å². The van der Waals surface area contributed by atoms with Gasteiger partial charge in [0.15, 0.2) is 0 Å². The van der Waals surface area contributed by atoms with Crippen molar-refractivity contribution in [2.75, 3.05) is 0 Å². The summed E-state index contributed by atoms with van der Waals surface area (Å²) in [5.74, 6) is 0. The lowest BCUT2D eigenvalue weighted by atomic mass is 9.95. The molecule has 0 atom stereocenters. The Kier molecular flexibility index (Phi) is 4.71. The highest BCUT2D eigenvalue weighted by molar-refractivity contribution is 5.81. The van der Waals surface area contributed by atoms with Crippen molar-refractivity contribution < 1.29 is 0 Å². The van der Waals surface area contributed by atoms with Gasteiger partial charge in [-0.3, -0.25) is 4.79 Å². The van der Waals surface area contributed by atoms with Crippen LogP contribution in [0.5, 0.6) is 0 Å². The first-order valence-electron chi connectivity index (χ1n) is 9.97. The highest BCUT2D eigenvalue weighted by atomic mass is 16.1. The predicted molar refractivity (Wildman–Crippen MR) is 108 cm³/mol. The van der Waals surface area contributed by atoms with Crippen LogP contribution in [-0.4, -0.2) is 9.13 Å². The van der Waals surface area contributed by atoms with E-state index in [9.17, 15) is 4.79 Å². The quantitative estimate of drug-likeness (QED) is 0.634. The fourth-order valence-corrected chi connectivity index (χ4v) is 4.50. The molecule has 136 valence electrons. The van der Waals surface area contributed by atoms with Crippen LogP contribution < -0.4 is 5.56 Å². The molecule has 0 aliphatic heterocycles. The van der Waals surface area contributed by atoms with Crippen molar-refractivity contribution in [3.8, 4) is 0 Å². The van der Waals surface area contributed by atoms with Crippen LogP contribution >= 0.6 is 0 Å². The largest absolute Gasteiger partial charge is 0.341 e. The number of hydrogen-bond acceptors (Lipinski definition) is 1. The summed E-state index contributed by atoms with van der Waals surface area (Å²) in [5, 5.41) is 0.883. The summed E-state index contributed by atoms with van der Waals surface area (Å²) in [6.07, 6.45) is 7.41. The molecule has 0 radical (unpaired) electrons. The molecule has 3 aromatic rings. The van der Waals surface area contributed by atoms with Crippen molar-refractivity contribution in [1.29, 1.82) is 0 Å². The Hall–Kier alpha value is -2.29. The molecule has 0 unspecified atom stereocenters. The Labute approximate surface area is 155 Å². The van der Waals surface area contributed by atoms with Gasteiger partial charge < -0.3 is 9.13 Å². The summed E-state index contributed by atoms with van der Waals surface area (Å²) in [6, 6.07) is 15.2. The third kappa shape index (κ3) is 3.00. The van der Waals surface area contributed by atoms with E-state index in [2.05, 4.69) is 42.7 Å². The number of aryl methyl sites for hydroxylation is 2. The molecule has 0 amide bonds. The highest BCUT2D eigenvalue weighted by Gasteiger charge is 2.21. The zero-order valence-corrected chi connectivity index (χ0v) is 15.9. The normalized spacial score (nSPS) is 15.6. The molecule has 0 spiro atoms. The number of benzene rings is 1. The van der Waals surface area contributed by atoms with Gasteiger partial charge in [0.2, 0.25) is 0 Å². The van der Waals surface area contributed by atoms with Crippen LogP contribution in [0.1, 0.15) is 62.0 Å². The zero-order chi connectivity index (χ0) is 18.1. The molecule has 0 saturated heterocycles. The average Bonchev–Trinajstić information content (AvgIpc) is 3.05. The van der Waals surface area contributed by atoms with E-state index >= 15 is 0 Å². The van der Waals surface area contributed by atoms with Crippen molar-refractivity contribution in [3.63, 3.8) is 0 Å². The van der Waals surface area contributed by atoms with Gasteiger partial charge >= 0.3 is 0 Å². The van der Waals surface area contributed by atoms with E-state index in [-0.39, 0.29) is 5.56 Å². The van der Waals surface area contributed by atoms with Crippen molar-refractivity contribution in [1.82, 2.24) is 9.13 Å². The van der Waals surface area contributed by atoms with Gasteiger partial charge in [0, 0.05) is 17.4 Å². The molecule has 26 heavy (non-hydrogen) atoms. The Morgan fingerprint density at radius 1 is 1.04 bits per heavy atom. The molecule has 1 aromatic carbocycles. The van der Waals surface area contributed by atoms with E-state index < -0.39 is 0 Å². The van der Waals surface area contributed by atoms with Gasteiger partial charge in [-0.2, -0.15) is 0 Å². The molecule has 3 nitrogen and oxygen atoms in total. The molecular weight excluding hydrogens is 320 g/mol. The van der Waals surface area contributed by atoms with E-state index in [0.717, 1.165) is 23.0 Å². The SMILES string of the molecule is CCc1cc2c(=O)n(Cc3ccccc3)c(C)cc2n1C1CCCCC1. The lowest BCUT2D eigenvalue weighted by molar-refractivity contribution is 0.355. The standard InChI is InChI=1S/C23H28N2O/c1-3-19-15-21-22(25(19)20-12-8-5-9-13-20)14-17(2)24(23(21)26)16-18-10-6-4-7-11-18/h4,6-7,10-11,14-15,20H,3,5,8-9,12-13,16H2,1-2H3. The van der Waals surface area contributed by atoms with Gasteiger partial charge in [-0.05, 0) is 43.9 Å². The highest BCUT2D eigenvalue weighted by Crippen LogP contribution is 2.33. The second-order valence-corrected chi connectivity index (χ2v) is 7.61. The smallest absolute Gasteiger partial charge is 0.260 e. The van der Waals surface area contributed by atoms with Crippen LogP contribution in [0.4, 0.5) is 0 Å². The number of aromatic nitrogens is 2. The molecule has 0 bridgehead atoms. The van der Waals surface area contributed by atoms with Crippen LogP contribution in [0.25, 0.3) is 10.9 Å². The summed E-state index contributed by atoms with van der Waals surface area (Å²) >= 11 is 0. The van der Waals surface area contributed by atoms with Gasteiger partial charge in [-0.15, -0.1) is 0 Å². The Morgan fingerprint density at radius 2 is 1.77 bits per heavy atom. The Morgan fingerprint density at radius 3 is 2.46 bits per heavy atom. The van der Waals surface area contributed by atoms with Gasteiger partial charge in [0.25, 0.3) is 5.56 Å².